The number of ether oxygens (including phenoxy) is 1. The summed E-state index contributed by atoms with van der Waals surface area (Å²) in [4.78, 5) is 0. The fourth-order valence-electron chi connectivity index (χ4n) is 1.68. The first-order valence-electron chi connectivity index (χ1n) is 5.57. The monoisotopic (exact) mass is 359 g/mol. The second kappa shape index (κ2) is 5.76. The van der Waals surface area contributed by atoms with Gasteiger partial charge in [0.15, 0.2) is 5.82 Å². The number of nitrogens with two attached hydrogens (primary N) is 2. The van der Waals surface area contributed by atoms with Gasteiger partial charge in [0, 0.05) is 5.69 Å². The Bertz CT molecular complexity index is 667. The fourth-order valence-corrected chi connectivity index (χ4v) is 2.37. The quantitative estimate of drug-likeness (QED) is 0.719. The third kappa shape index (κ3) is 2.76. The summed E-state index contributed by atoms with van der Waals surface area (Å²) in [5.74, 6) is -0.0181. The topological polar surface area (TPSA) is 73.3 Å². The van der Waals surface area contributed by atoms with Crippen molar-refractivity contribution in [2.45, 2.75) is 0 Å². The van der Waals surface area contributed by atoms with Crippen LogP contribution in [0, 0.1) is 5.82 Å². The first-order valence-corrected chi connectivity index (χ1v) is 6.74. The van der Waals surface area contributed by atoms with Crippen LogP contribution in [-0.2, 0) is 0 Å². The van der Waals surface area contributed by atoms with E-state index in [2.05, 4.69) is 21.2 Å². The van der Waals surface area contributed by atoms with Gasteiger partial charge >= 0.3 is 0 Å². The Balaban J connectivity index is 2.40. The van der Waals surface area contributed by atoms with Gasteiger partial charge in [0.1, 0.15) is 10.8 Å². The van der Waals surface area contributed by atoms with Crippen LogP contribution in [0.15, 0.2) is 28.7 Å². The summed E-state index contributed by atoms with van der Waals surface area (Å²) in [5.41, 5.74) is 12.3. The second-order valence-electron chi connectivity index (χ2n) is 4.03. The molecule has 0 saturated heterocycles. The predicted molar refractivity (Wildman–Crippen MR) is 84.2 cm³/mol. The number of rotatable bonds is 3. The molecule has 5 N–H and O–H groups in total. The maximum atomic E-state index is 14.1. The van der Waals surface area contributed by atoms with Crippen molar-refractivity contribution in [2.24, 2.45) is 0 Å². The standard InChI is InChI=1S/C13H12BrClFN3O/c1-20-10-3-2-6(4-7(10)14)19-13-9(18)5-8(17)11(15)12(13)16/h2-5,19H,17-18H2,1H3. The molecule has 20 heavy (non-hydrogen) atoms. The van der Waals surface area contributed by atoms with Gasteiger partial charge in [-0.15, -0.1) is 0 Å². The van der Waals surface area contributed by atoms with Crippen LogP contribution in [0.4, 0.5) is 27.1 Å². The first kappa shape index (κ1) is 14.7. The van der Waals surface area contributed by atoms with Crippen LogP contribution in [0.3, 0.4) is 0 Å². The molecule has 0 radical (unpaired) electrons. The van der Waals surface area contributed by atoms with E-state index in [1.165, 1.54) is 6.07 Å². The number of methoxy groups -OCH3 is 1. The molecule has 4 nitrogen and oxygen atoms in total. The molecule has 0 aliphatic rings. The number of nitrogens with one attached hydrogen (secondary N) is 1. The van der Waals surface area contributed by atoms with Crippen molar-refractivity contribution >= 4 is 50.3 Å². The van der Waals surface area contributed by atoms with Crippen LogP contribution in [0.5, 0.6) is 5.75 Å². The number of anilines is 4. The maximum Gasteiger partial charge on any atom is 0.169 e. The zero-order chi connectivity index (χ0) is 14.9. The molecule has 0 unspecified atom stereocenters. The zero-order valence-electron chi connectivity index (χ0n) is 10.5. The Hall–Kier alpha value is -1.66. The lowest BCUT2D eigenvalue weighted by atomic mass is 10.2. The maximum absolute atomic E-state index is 14.1. The van der Waals surface area contributed by atoms with Crippen LogP contribution < -0.4 is 21.5 Å². The Labute approximate surface area is 129 Å². The van der Waals surface area contributed by atoms with Gasteiger partial charge in [0.05, 0.1) is 28.6 Å². The van der Waals surface area contributed by atoms with E-state index in [9.17, 15) is 4.39 Å². The molecule has 0 fully saturated rings. The predicted octanol–water partition coefficient (Wildman–Crippen LogP) is 4.16. The van der Waals surface area contributed by atoms with Gasteiger partial charge in [0.25, 0.3) is 0 Å². The molecule has 0 bridgehead atoms. The highest BCUT2D eigenvalue weighted by molar-refractivity contribution is 9.10. The van der Waals surface area contributed by atoms with E-state index < -0.39 is 5.82 Å². The van der Waals surface area contributed by atoms with Gasteiger partial charge < -0.3 is 21.5 Å². The molecule has 2 aromatic carbocycles. The molecular weight excluding hydrogens is 349 g/mol. The Morgan fingerprint density at radius 2 is 1.95 bits per heavy atom. The van der Waals surface area contributed by atoms with E-state index in [4.69, 9.17) is 27.8 Å². The lowest BCUT2D eigenvalue weighted by molar-refractivity contribution is 0.412. The lowest BCUT2D eigenvalue weighted by Crippen LogP contribution is -2.02. The van der Waals surface area contributed by atoms with Gasteiger partial charge in [-0.05, 0) is 40.2 Å². The average Bonchev–Trinajstić information content (AvgIpc) is 2.41. The summed E-state index contributed by atoms with van der Waals surface area (Å²) in [7, 11) is 1.56. The van der Waals surface area contributed by atoms with E-state index in [1.807, 2.05) is 0 Å². The molecule has 2 rings (SSSR count). The molecular formula is C13H12BrClFN3O. The largest absolute Gasteiger partial charge is 0.496 e. The third-order valence-electron chi connectivity index (χ3n) is 2.69. The average molecular weight is 361 g/mol. The molecule has 0 aliphatic heterocycles. The summed E-state index contributed by atoms with van der Waals surface area (Å²) in [6, 6.07) is 6.61. The molecule has 0 spiro atoms. The van der Waals surface area contributed by atoms with Crippen molar-refractivity contribution < 1.29 is 9.13 Å². The molecule has 0 heterocycles. The minimum Gasteiger partial charge on any atom is -0.496 e. The highest BCUT2D eigenvalue weighted by Gasteiger charge is 2.14. The van der Waals surface area contributed by atoms with E-state index >= 15 is 0 Å². The molecule has 0 aromatic heterocycles. The SMILES string of the molecule is COc1ccc(Nc2c(N)cc(N)c(Cl)c2F)cc1Br. The van der Waals surface area contributed by atoms with Crippen LogP contribution >= 0.6 is 27.5 Å². The van der Waals surface area contributed by atoms with Crippen molar-refractivity contribution in [3.63, 3.8) is 0 Å². The van der Waals surface area contributed by atoms with E-state index in [0.717, 1.165) is 4.47 Å². The highest BCUT2D eigenvalue weighted by Crippen LogP contribution is 2.36. The number of halogens is 3. The third-order valence-corrected chi connectivity index (χ3v) is 3.69. The summed E-state index contributed by atoms with van der Waals surface area (Å²) >= 11 is 9.12. The number of hydrogen-bond acceptors (Lipinski definition) is 4. The minimum atomic E-state index is -0.684. The van der Waals surface area contributed by atoms with Gasteiger partial charge in [-0.2, -0.15) is 0 Å². The van der Waals surface area contributed by atoms with Gasteiger partial charge in [-0.25, -0.2) is 4.39 Å². The van der Waals surface area contributed by atoms with Crippen LogP contribution in [0.2, 0.25) is 5.02 Å². The van der Waals surface area contributed by atoms with Gasteiger partial charge in [-0.3, -0.25) is 0 Å². The summed E-state index contributed by atoms with van der Waals surface area (Å²) in [6.07, 6.45) is 0. The molecule has 106 valence electrons. The Morgan fingerprint density at radius 3 is 2.55 bits per heavy atom. The summed E-state index contributed by atoms with van der Waals surface area (Å²) in [6.45, 7) is 0. The minimum absolute atomic E-state index is 0.0845. The van der Waals surface area contributed by atoms with Gasteiger partial charge in [-0.1, -0.05) is 11.6 Å². The zero-order valence-corrected chi connectivity index (χ0v) is 12.8. The molecule has 0 saturated carbocycles. The van der Waals surface area contributed by atoms with E-state index in [0.29, 0.717) is 11.4 Å². The lowest BCUT2D eigenvalue weighted by Gasteiger charge is -2.14. The first-order chi connectivity index (χ1) is 9.43. The highest BCUT2D eigenvalue weighted by atomic mass is 79.9. The smallest absolute Gasteiger partial charge is 0.169 e. The Morgan fingerprint density at radius 1 is 1.25 bits per heavy atom. The number of nitrogen functional groups attached to an aromatic ring is 2. The molecule has 2 aromatic rings. The van der Waals surface area contributed by atoms with Crippen LogP contribution in [0.25, 0.3) is 0 Å². The van der Waals surface area contributed by atoms with Gasteiger partial charge in [0.2, 0.25) is 0 Å². The van der Waals surface area contributed by atoms with Crippen LogP contribution in [0.1, 0.15) is 0 Å². The van der Waals surface area contributed by atoms with Crippen molar-refractivity contribution in [3.8, 4) is 5.75 Å². The van der Waals surface area contributed by atoms with Crippen molar-refractivity contribution in [1.29, 1.82) is 0 Å². The molecule has 0 amide bonds. The number of hydrogen-bond donors (Lipinski definition) is 3. The Kier molecular flexibility index (Phi) is 4.25. The molecule has 0 atom stereocenters. The fraction of sp³-hybridized carbons (Fsp3) is 0.0769. The van der Waals surface area contributed by atoms with Crippen molar-refractivity contribution in [3.05, 3.63) is 39.6 Å². The normalized spacial score (nSPS) is 10.4. The summed E-state index contributed by atoms with van der Waals surface area (Å²) in [5, 5.41) is 2.72. The number of benzene rings is 2. The van der Waals surface area contributed by atoms with E-state index in [-0.39, 0.29) is 22.1 Å². The molecule has 0 aliphatic carbocycles. The van der Waals surface area contributed by atoms with Crippen LogP contribution in [-0.4, -0.2) is 7.11 Å². The molecule has 7 heteroatoms. The summed E-state index contributed by atoms with van der Waals surface area (Å²) < 4.78 is 19.9. The van der Waals surface area contributed by atoms with Crippen molar-refractivity contribution in [1.82, 2.24) is 0 Å². The second-order valence-corrected chi connectivity index (χ2v) is 5.26. The van der Waals surface area contributed by atoms with Crippen molar-refractivity contribution in [2.75, 3.05) is 23.9 Å². The van der Waals surface area contributed by atoms with E-state index in [1.54, 1.807) is 25.3 Å².